The maximum absolute atomic E-state index is 13.3. The summed E-state index contributed by atoms with van der Waals surface area (Å²) in [4.78, 5) is 25.2. The minimum absolute atomic E-state index is 0.121. The number of nitrogens with one attached hydrogen (secondary N) is 1. The molecule has 0 bridgehead atoms. The van der Waals surface area contributed by atoms with Crippen LogP contribution in [0.2, 0.25) is 0 Å². The third-order valence-corrected chi connectivity index (χ3v) is 7.14. The van der Waals surface area contributed by atoms with Gasteiger partial charge in [-0.3, -0.25) is 4.79 Å². The topological polar surface area (TPSA) is 101 Å². The van der Waals surface area contributed by atoms with E-state index in [1.165, 1.54) is 12.1 Å². The maximum Gasteiger partial charge on any atom is 0.326 e. The number of carbonyl (C=O) groups is 2. The Kier molecular flexibility index (Phi) is 5.92. The molecule has 4 aromatic carbocycles. The van der Waals surface area contributed by atoms with Gasteiger partial charge in [-0.15, -0.1) is 0 Å². The minimum Gasteiger partial charge on any atom is -0.480 e. The Morgan fingerprint density at radius 1 is 0.812 bits per heavy atom. The molecule has 0 aliphatic heterocycles. The van der Waals surface area contributed by atoms with Crippen molar-refractivity contribution in [1.29, 1.82) is 0 Å². The van der Waals surface area contributed by atoms with E-state index in [9.17, 15) is 23.1 Å². The van der Waals surface area contributed by atoms with Crippen LogP contribution in [0.4, 0.5) is 0 Å². The van der Waals surface area contributed by atoms with Crippen LogP contribution in [0.3, 0.4) is 0 Å². The zero-order valence-corrected chi connectivity index (χ0v) is 17.9. The zero-order valence-electron chi connectivity index (χ0n) is 17.1. The van der Waals surface area contributed by atoms with Crippen LogP contribution in [0.1, 0.15) is 16.8 Å². The summed E-state index contributed by atoms with van der Waals surface area (Å²) in [7, 11) is -3.67. The molecule has 0 fully saturated rings. The zero-order chi connectivity index (χ0) is 22.7. The molecule has 1 atom stereocenters. The lowest BCUT2D eigenvalue weighted by Crippen LogP contribution is -2.42. The second-order valence-electron chi connectivity index (χ2n) is 7.48. The highest BCUT2D eigenvalue weighted by Crippen LogP contribution is 2.28. The van der Waals surface area contributed by atoms with E-state index in [4.69, 9.17) is 0 Å². The van der Waals surface area contributed by atoms with Gasteiger partial charge in [0.25, 0.3) is 5.91 Å². The van der Waals surface area contributed by atoms with Crippen molar-refractivity contribution >= 4 is 43.3 Å². The highest BCUT2D eigenvalue weighted by molar-refractivity contribution is 7.91. The van der Waals surface area contributed by atoms with E-state index in [2.05, 4.69) is 5.32 Å². The number of hydrogen-bond acceptors (Lipinski definition) is 4. The lowest BCUT2D eigenvalue weighted by molar-refractivity contribution is -0.139. The Bertz CT molecular complexity index is 1360. The predicted molar refractivity (Wildman–Crippen MR) is 123 cm³/mol. The summed E-state index contributed by atoms with van der Waals surface area (Å²) in [6.07, 6.45) is -0.249. The molecule has 2 N–H and O–H groups in total. The number of rotatable bonds is 7. The second-order valence-corrected chi connectivity index (χ2v) is 9.59. The molecule has 162 valence electrons. The van der Waals surface area contributed by atoms with Crippen LogP contribution >= 0.6 is 0 Å². The summed E-state index contributed by atoms with van der Waals surface area (Å²) in [5, 5.41) is 15.3. The smallest absolute Gasteiger partial charge is 0.326 e. The van der Waals surface area contributed by atoms with E-state index in [1.807, 2.05) is 54.6 Å². The average molecular weight is 448 g/mol. The number of carbonyl (C=O) groups excluding carboxylic acids is 1. The molecule has 0 aliphatic rings. The SMILES string of the molecule is O=C(N[C@@H](CCS(=O)(=O)c1ccccc1)C(=O)O)c1c2ccccc2cc2ccccc12. The number of hydrogen-bond donors (Lipinski definition) is 2. The first-order valence-electron chi connectivity index (χ1n) is 10.1. The first-order valence-corrected chi connectivity index (χ1v) is 11.7. The van der Waals surface area contributed by atoms with E-state index in [0.717, 1.165) is 10.8 Å². The van der Waals surface area contributed by atoms with Crippen molar-refractivity contribution in [3.63, 3.8) is 0 Å². The van der Waals surface area contributed by atoms with Gasteiger partial charge in [-0.25, -0.2) is 13.2 Å². The first-order chi connectivity index (χ1) is 15.4. The summed E-state index contributed by atoms with van der Waals surface area (Å²) in [6.45, 7) is 0. The lowest BCUT2D eigenvalue weighted by atomic mass is 9.96. The molecule has 32 heavy (non-hydrogen) atoms. The summed E-state index contributed by atoms with van der Waals surface area (Å²) < 4.78 is 25.1. The van der Waals surface area contributed by atoms with Crippen molar-refractivity contribution in [2.24, 2.45) is 0 Å². The van der Waals surface area contributed by atoms with Gasteiger partial charge in [0, 0.05) is 0 Å². The largest absolute Gasteiger partial charge is 0.480 e. The number of aliphatic carboxylic acids is 1. The average Bonchev–Trinajstić information content (AvgIpc) is 2.80. The molecular formula is C25H21NO5S. The molecule has 4 rings (SSSR count). The minimum atomic E-state index is -3.67. The van der Waals surface area contributed by atoms with Crippen LogP contribution in [0.25, 0.3) is 21.5 Å². The van der Waals surface area contributed by atoms with Crippen LogP contribution in [0, 0.1) is 0 Å². The van der Waals surface area contributed by atoms with Gasteiger partial charge >= 0.3 is 5.97 Å². The van der Waals surface area contributed by atoms with Gasteiger partial charge in [0.2, 0.25) is 0 Å². The lowest BCUT2D eigenvalue weighted by Gasteiger charge is -2.17. The fraction of sp³-hybridized carbons (Fsp3) is 0.120. The maximum atomic E-state index is 13.3. The summed E-state index contributed by atoms with van der Waals surface area (Å²) in [6, 6.07) is 23.2. The molecule has 1 amide bonds. The Labute approximate surface area is 185 Å². The standard InChI is InChI=1S/C25H21NO5S/c27-24(23-20-12-6-4-8-17(20)16-18-9-5-7-13-21(18)23)26-22(25(28)29)14-15-32(30,31)19-10-2-1-3-11-19/h1-13,16,22H,14-15H2,(H,26,27)(H,28,29)/t22-/m0/s1. The molecule has 0 aliphatic carbocycles. The molecule has 6 nitrogen and oxygen atoms in total. The second kappa shape index (κ2) is 8.80. The first kappa shape index (κ1) is 21.5. The van der Waals surface area contributed by atoms with Crippen LogP contribution in [-0.2, 0) is 14.6 Å². The normalized spacial score (nSPS) is 12.5. The van der Waals surface area contributed by atoms with Gasteiger partial charge in [-0.1, -0.05) is 66.7 Å². The number of carboxylic acids is 1. The van der Waals surface area contributed by atoms with Gasteiger partial charge < -0.3 is 10.4 Å². The fourth-order valence-corrected chi connectivity index (χ4v) is 5.12. The third-order valence-electron chi connectivity index (χ3n) is 5.38. The van der Waals surface area contributed by atoms with Crippen molar-refractivity contribution < 1.29 is 23.1 Å². The fourth-order valence-electron chi connectivity index (χ4n) is 3.76. The molecule has 0 unspecified atom stereocenters. The Hall–Kier alpha value is -3.71. The Morgan fingerprint density at radius 3 is 1.91 bits per heavy atom. The van der Waals surface area contributed by atoms with Crippen LogP contribution in [-0.4, -0.2) is 37.2 Å². The van der Waals surface area contributed by atoms with Gasteiger partial charge in [0.15, 0.2) is 9.84 Å². The number of carboxylic acid groups (broad SMARTS) is 1. The Morgan fingerprint density at radius 2 is 1.34 bits per heavy atom. The van der Waals surface area contributed by atoms with Crippen molar-refractivity contribution in [2.45, 2.75) is 17.4 Å². The number of benzene rings is 4. The molecule has 0 saturated carbocycles. The molecule has 0 aromatic heterocycles. The molecule has 7 heteroatoms. The summed E-state index contributed by atoms with van der Waals surface area (Å²) >= 11 is 0. The van der Waals surface area contributed by atoms with E-state index < -0.39 is 33.5 Å². The molecule has 0 radical (unpaired) electrons. The van der Waals surface area contributed by atoms with Crippen molar-refractivity contribution in [3.05, 3.63) is 90.5 Å². The quantitative estimate of drug-likeness (QED) is 0.417. The third kappa shape index (κ3) is 4.33. The molecular weight excluding hydrogens is 426 g/mol. The van der Waals surface area contributed by atoms with Gasteiger partial charge in [-0.2, -0.15) is 0 Å². The summed E-state index contributed by atoms with van der Waals surface area (Å²) in [5.74, 6) is -2.24. The molecule has 0 spiro atoms. The van der Waals surface area contributed by atoms with Crippen LogP contribution in [0.5, 0.6) is 0 Å². The predicted octanol–water partition coefficient (Wildman–Crippen LogP) is 4.04. The van der Waals surface area contributed by atoms with Crippen LogP contribution in [0.15, 0.2) is 89.8 Å². The van der Waals surface area contributed by atoms with E-state index in [0.29, 0.717) is 16.3 Å². The van der Waals surface area contributed by atoms with E-state index in [1.54, 1.807) is 18.2 Å². The highest BCUT2D eigenvalue weighted by atomic mass is 32.2. The molecule has 4 aromatic rings. The van der Waals surface area contributed by atoms with Crippen LogP contribution < -0.4 is 5.32 Å². The van der Waals surface area contributed by atoms with Crippen molar-refractivity contribution in [3.8, 4) is 0 Å². The van der Waals surface area contributed by atoms with E-state index in [-0.39, 0.29) is 11.3 Å². The molecule has 0 saturated heterocycles. The number of sulfone groups is 1. The Balaban J connectivity index is 1.64. The van der Waals surface area contributed by atoms with Gasteiger partial charge in [0.1, 0.15) is 6.04 Å². The number of amides is 1. The van der Waals surface area contributed by atoms with Crippen molar-refractivity contribution in [2.75, 3.05) is 5.75 Å². The summed E-state index contributed by atoms with van der Waals surface area (Å²) in [5.41, 5.74) is 0.371. The molecule has 0 heterocycles. The monoisotopic (exact) mass is 447 g/mol. The number of fused-ring (bicyclic) bond motifs is 2. The van der Waals surface area contributed by atoms with Gasteiger partial charge in [-0.05, 0) is 46.2 Å². The van der Waals surface area contributed by atoms with Gasteiger partial charge in [0.05, 0.1) is 16.2 Å². The highest BCUT2D eigenvalue weighted by Gasteiger charge is 2.26. The van der Waals surface area contributed by atoms with E-state index >= 15 is 0 Å². The van der Waals surface area contributed by atoms with Crippen molar-refractivity contribution in [1.82, 2.24) is 5.32 Å².